The Labute approximate surface area is 125 Å². The van der Waals surface area contributed by atoms with Crippen molar-refractivity contribution < 1.29 is 23.9 Å². The summed E-state index contributed by atoms with van der Waals surface area (Å²) in [7, 11) is 0. The predicted molar refractivity (Wildman–Crippen MR) is 74.8 cm³/mol. The molecule has 0 bridgehead atoms. The van der Waals surface area contributed by atoms with Crippen molar-refractivity contribution in [1.82, 2.24) is 0 Å². The fourth-order valence-electron chi connectivity index (χ4n) is 2.02. The summed E-state index contributed by atoms with van der Waals surface area (Å²) < 4.78 is 15.5. The Bertz CT molecular complexity index is 743. The lowest BCUT2D eigenvalue weighted by Gasteiger charge is -2.05. The number of carbonyl (C=O) groups is 1. The van der Waals surface area contributed by atoms with Crippen LogP contribution in [0.4, 0.5) is 5.69 Å². The van der Waals surface area contributed by atoms with Crippen LogP contribution in [-0.2, 0) is 11.3 Å². The molecule has 7 nitrogen and oxygen atoms in total. The second kappa shape index (κ2) is 5.72. The van der Waals surface area contributed by atoms with Gasteiger partial charge in [0.1, 0.15) is 6.61 Å². The summed E-state index contributed by atoms with van der Waals surface area (Å²) >= 11 is 0. The highest BCUT2D eigenvalue weighted by Crippen LogP contribution is 2.32. The molecule has 0 saturated carbocycles. The van der Waals surface area contributed by atoms with E-state index >= 15 is 0 Å². The summed E-state index contributed by atoms with van der Waals surface area (Å²) in [6.07, 6.45) is 0. The van der Waals surface area contributed by atoms with Gasteiger partial charge in [-0.15, -0.1) is 0 Å². The number of nitro benzene ring substituents is 1. The number of fused-ring (bicyclic) bond motifs is 1. The minimum Gasteiger partial charge on any atom is -0.457 e. The number of non-ortho nitro benzene ring substituents is 1. The van der Waals surface area contributed by atoms with Crippen LogP contribution in [0.3, 0.4) is 0 Å². The van der Waals surface area contributed by atoms with Gasteiger partial charge in [0.15, 0.2) is 11.5 Å². The Balaban J connectivity index is 1.67. The zero-order valence-electron chi connectivity index (χ0n) is 11.4. The van der Waals surface area contributed by atoms with Crippen LogP contribution in [-0.4, -0.2) is 17.7 Å². The maximum absolute atomic E-state index is 12.0. The molecule has 0 amide bonds. The zero-order chi connectivity index (χ0) is 15.5. The first-order valence-electron chi connectivity index (χ1n) is 6.43. The summed E-state index contributed by atoms with van der Waals surface area (Å²) in [5.41, 5.74) is 0.828. The van der Waals surface area contributed by atoms with Crippen molar-refractivity contribution in [1.29, 1.82) is 0 Å². The molecule has 1 aliphatic heterocycles. The smallest absolute Gasteiger partial charge is 0.338 e. The van der Waals surface area contributed by atoms with Gasteiger partial charge in [-0.2, -0.15) is 0 Å². The number of benzene rings is 2. The summed E-state index contributed by atoms with van der Waals surface area (Å²) in [5.74, 6) is 0.532. The van der Waals surface area contributed by atoms with E-state index in [4.69, 9.17) is 14.2 Å². The van der Waals surface area contributed by atoms with E-state index in [9.17, 15) is 14.9 Å². The first-order valence-corrected chi connectivity index (χ1v) is 6.43. The number of hydrogen-bond acceptors (Lipinski definition) is 6. The van der Waals surface area contributed by atoms with Crippen LogP contribution in [0.15, 0.2) is 42.5 Å². The van der Waals surface area contributed by atoms with E-state index in [1.165, 1.54) is 18.2 Å². The van der Waals surface area contributed by atoms with Gasteiger partial charge in [0, 0.05) is 12.1 Å². The number of esters is 1. The van der Waals surface area contributed by atoms with Crippen molar-refractivity contribution in [3.05, 3.63) is 63.7 Å². The quantitative estimate of drug-likeness (QED) is 0.490. The molecule has 0 radical (unpaired) electrons. The lowest BCUT2D eigenvalue weighted by molar-refractivity contribution is -0.384. The summed E-state index contributed by atoms with van der Waals surface area (Å²) in [4.78, 5) is 22.2. The molecule has 1 heterocycles. The molecular weight excluding hydrogens is 290 g/mol. The molecule has 2 aromatic carbocycles. The van der Waals surface area contributed by atoms with Crippen molar-refractivity contribution >= 4 is 11.7 Å². The summed E-state index contributed by atoms with van der Waals surface area (Å²) in [6.45, 7) is 0.0798. The van der Waals surface area contributed by atoms with Crippen LogP contribution in [0.2, 0.25) is 0 Å². The predicted octanol–water partition coefficient (Wildman–Crippen LogP) is 2.68. The maximum atomic E-state index is 12.0. The van der Waals surface area contributed by atoms with Gasteiger partial charge in [-0.1, -0.05) is 12.1 Å². The van der Waals surface area contributed by atoms with Crippen molar-refractivity contribution in [3.8, 4) is 11.5 Å². The minimum atomic E-state index is -0.537. The molecule has 2 aromatic rings. The van der Waals surface area contributed by atoms with E-state index in [1.54, 1.807) is 24.3 Å². The van der Waals surface area contributed by atoms with Crippen LogP contribution in [0, 0.1) is 10.1 Å². The Kier molecular flexibility index (Phi) is 3.61. The van der Waals surface area contributed by atoms with E-state index in [2.05, 4.69) is 0 Å². The van der Waals surface area contributed by atoms with Gasteiger partial charge < -0.3 is 14.2 Å². The molecule has 0 aliphatic carbocycles. The molecule has 0 N–H and O–H groups in total. The van der Waals surface area contributed by atoms with Gasteiger partial charge >= 0.3 is 5.97 Å². The molecule has 112 valence electrons. The molecule has 3 rings (SSSR count). The van der Waals surface area contributed by atoms with Crippen LogP contribution >= 0.6 is 0 Å². The van der Waals surface area contributed by atoms with Gasteiger partial charge in [-0.05, 0) is 23.8 Å². The Morgan fingerprint density at radius 3 is 2.82 bits per heavy atom. The second-order valence-electron chi connectivity index (χ2n) is 4.57. The highest BCUT2D eigenvalue weighted by Gasteiger charge is 2.17. The third-order valence-corrected chi connectivity index (χ3v) is 3.10. The molecule has 0 atom stereocenters. The van der Waals surface area contributed by atoms with Crippen molar-refractivity contribution in [3.63, 3.8) is 0 Å². The Morgan fingerprint density at radius 2 is 2.00 bits per heavy atom. The third-order valence-electron chi connectivity index (χ3n) is 3.10. The van der Waals surface area contributed by atoms with Crippen molar-refractivity contribution in [2.75, 3.05) is 6.79 Å². The number of rotatable bonds is 4. The number of hydrogen-bond donors (Lipinski definition) is 0. The van der Waals surface area contributed by atoms with E-state index in [0.717, 1.165) is 0 Å². The molecule has 22 heavy (non-hydrogen) atoms. The Hall–Kier alpha value is -3.09. The molecular formula is C15H11NO6. The topological polar surface area (TPSA) is 87.9 Å². The second-order valence-corrected chi connectivity index (χ2v) is 4.57. The fourth-order valence-corrected chi connectivity index (χ4v) is 2.02. The standard InChI is InChI=1S/C15H11NO6/c17-15(11-4-5-13-14(7-11)22-9-21-13)20-8-10-2-1-3-12(6-10)16(18)19/h1-7H,8-9H2. The van der Waals surface area contributed by atoms with Gasteiger partial charge in [-0.3, -0.25) is 10.1 Å². The molecule has 0 aromatic heterocycles. The van der Waals surface area contributed by atoms with Crippen molar-refractivity contribution in [2.24, 2.45) is 0 Å². The van der Waals surface area contributed by atoms with Crippen LogP contribution in [0.25, 0.3) is 0 Å². The third kappa shape index (κ3) is 2.83. The lowest BCUT2D eigenvalue weighted by Crippen LogP contribution is -2.05. The summed E-state index contributed by atoms with van der Waals surface area (Å²) in [5, 5.41) is 10.7. The zero-order valence-corrected chi connectivity index (χ0v) is 11.4. The number of nitro groups is 1. The molecule has 0 unspecified atom stereocenters. The first-order chi connectivity index (χ1) is 10.6. The van der Waals surface area contributed by atoms with Gasteiger partial charge in [0.2, 0.25) is 6.79 Å². The van der Waals surface area contributed by atoms with E-state index in [1.807, 2.05) is 0 Å². The number of nitrogens with zero attached hydrogens (tertiary/aromatic N) is 1. The van der Waals surface area contributed by atoms with E-state index in [-0.39, 0.29) is 19.1 Å². The van der Waals surface area contributed by atoms with Gasteiger partial charge in [0.05, 0.1) is 10.5 Å². The number of carbonyl (C=O) groups excluding carboxylic acids is 1. The average molecular weight is 301 g/mol. The largest absolute Gasteiger partial charge is 0.457 e. The maximum Gasteiger partial charge on any atom is 0.338 e. The number of ether oxygens (including phenoxy) is 3. The van der Waals surface area contributed by atoms with Gasteiger partial charge in [0.25, 0.3) is 5.69 Å². The lowest BCUT2D eigenvalue weighted by atomic mass is 10.2. The van der Waals surface area contributed by atoms with Crippen LogP contribution < -0.4 is 9.47 Å². The van der Waals surface area contributed by atoms with Crippen molar-refractivity contribution in [2.45, 2.75) is 6.61 Å². The van der Waals surface area contributed by atoms with E-state index in [0.29, 0.717) is 22.6 Å². The molecule has 0 fully saturated rings. The van der Waals surface area contributed by atoms with E-state index < -0.39 is 10.9 Å². The average Bonchev–Trinajstić information content (AvgIpc) is 3.00. The van der Waals surface area contributed by atoms with Gasteiger partial charge in [-0.25, -0.2) is 4.79 Å². The monoisotopic (exact) mass is 301 g/mol. The van der Waals surface area contributed by atoms with Crippen LogP contribution in [0.5, 0.6) is 11.5 Å². The van der Waals surface area contributed by atoms with Crippen LogP contribution in [0.1, 0.15) is 15.9 Å². The minimum absolute atomic E-state index is 0.0448. The Morgan fingerprint density at radius 1 is 1.18 bits per heavy atom. The molecule has 1 aliphatic rings. The molecule has 0 spiro atoms. The first kappa shape index (κ1) is 13.9. The fraction of sp³-hybridized carbons (Fsp3) is 0.133. The SMILES string of the molecule is O=C(OCc1cccc([N+](=O)[O-])c1)c1ccc2c(c1)OCO2. The molecule has 7 heteroatoms. The highest BCUT2D eigenvalue weighted by atomic mass is 16.7. The normalized spacial score (nSPS) is 12.0. The highest BCUT2D eigenvalue weighted by molar-refractivity contribution is 5.90. The summed E-state index contributed by atoms with van der Waals surface area (Å²) in [6, 6.07) is 10.7. The molecule has 0 saturated heterocycles.